The highest BCUT2D eigenvalue weighted by Gasteiger charge is 2.13. The fourth-order valence-corrected chi connectivity index (χ4v) is 1.88. The molecule has 2 rings (SSSR count). The van der Waals surface area contributed by atoms with Gasteiger partial charge in [-0.3, -0.25) is 9.59 Å². The molecule has 0 saturated heterocycles. The summed E-state index contributed by atoms with van der Waals surface area (Å²) in [5.74, 6) is -1.52. The van der Waals surface area contributed by atoms with Crippen molar-refractivity contribution >= 4 is 23.2 Å². The van der Waals surface area contributed by atoms with E-state index in [0.717, 1.165) is 11.6 Å². The molecule has 2 aromatic carbocycles. The Morgan fingerprint density at radius 1 is 1.05 bits per heavy atom. The maximum absolute atomic E-state index is 13.9. The van der Waals surface area contributed by atoms with E-state index in [4.69, 9.17) is 0 Å². The summed E-state index contributed by atoms with van der Waals surface area (Å²) in [6.07, 6.45) is 0. The number of carbonyl (C=O) groups is 2. The molecule has 0 atom stereocenters. The molecule has 0 bridgehead atoms. The van der Waals surface area contributed by atoms with Gasteiger partial charge in [-0.25, -0.2) is 4.39 Å². The predicted octanol–water partition coefficient (Wildman–Crippen LogP) is 3.34. The van der Waals surface area contributed by atoms with Crippen molar-refractivity contribution < 1.29 is 14.0 Å². The molecule has 0 unspecified atom stereocenters. The van der Waals surface area contributed by atoms with Crippen LogP contribution in [0.3, 0.4) is 0 Å². The Morgan fingerprint density at radius 2 is 1.76 bits per heavy atom. The first-order valence-corrected chi connectivity index (χ1v) is 6.41. The predicted molar refractivity (Wildman–Crippen MR) is 79.8 cm³/mol. The molecule has 2 amide bonds. The molecule has 0 aliphatic heterocycles. The van der Waals surface area contributed by atoms with Crippen molar-refractivity contribution in [1.82, 2.24) is 0 Å². The molecule has 0 aromatic heterocycles. The van der Waals surface area contributed by atoms with E-state index < -0.39 is 11.7 Å². The van der Waals surface area contributed by atoms with E-state index in [0.29, 0.717) is 11.4 Å². The maximum Gasteiger partial charge on any atom is 0.258 e. The lowest BCUT2D eigenvalue weighted by Gasteiger charge is -2.09. The summed E-state index contributed by atoms with van der Waals surface area (Å²) in [5.41, 5.74) is 1.76. The number of hydrogen-bond donors (Lipinski definition) is 2. The maximum atomic E-state index is 13.9. The molecular weight excluding hydrogens is 271 g/mol. The molecule has 2 N–H and O–H groups in total. The van der Waals surface area contributed by atoms with Gasteiger partial charge in [0.15, 0.2) is 0 Å². The zero-order valence-corrected chi connectivity index (χ0v) is 11.7. The summed E-state index contributed by atoms with van der Waals surface area (Å²) in [4.78, 5) is 23.0. The van der Waals surface area contributed by atoms with Crippen molar-refractivity contribution in [3.05, 3.63) is 59.4 Å². The van der Waals surface area contributed by atoms with Gasteiger partial charge < -0.3 is 10.6 Å². The highest BCUT2D eigenvalue weighted by molar-refractivity contribution is 6.05. The highest BCUT2D eigenvalue weighted by atomic mass is 19.1. The number of benzene rings is 2. The first-order valence-electron chi connectivity index (χ1n) is 6.41. The average Bonchev–Trinajstić information content (AvgIpc) is 2.40. The molecule has 21 heavy (non-hydrogen) atoms. The van der Waals surface area contributed by atoms with E-state index in [9.17, 15) is 14.0 Å². The Balaban J connectivity index is 2.20. The van der Waals surface area contributed by atoms with E-state index in [1.807, 2.05) is 19.1 Å². The summed E-state index contributed by atoms with van der Waals surface area (Å²) in [5, 5.41) is 5.12. The molecule has 5 heteroatoms. The number of aryl methyl sites for hydroxylation is 1. The molecule has 4 nitrogen and oxygen atoms in total. The smallest absolute Gasteiger partial charge is 0.258 e. The summed E-state index contributed by atoms with van der Waals surface area (Å²) in [6.45, 7) is 3.18. The van der Waals surface area contributed by atoms with Gasteiger partial charge in [-0.05, 0) is 36.8 Å². The third-order valence-corrected chi connectivity index (χ3v) is 2.93. The van der Waals surface area contributed by atoms with Crippen LogP contribution in [0.4, 0.5) is 15.8 Å². The number of anilines is 2. The molecule has 0 spiro atoms. The van der Waals surface area contributed by atoms with Gasteiger partial charge in [-0.2, -0.15) is 0 Å². The van der Waals surface area contributed by atoms with Gasteiger partial charge in [0.1, 0.15) is 5.82 Å². The van der Waals surface area contributed by atoms with Gasteiger partial charge in [0, 0.05) is 18.3 Å². The molecule has 2 aromatic rings. The van der Waals surface area contributed by atoms with Crippen molar-refractivity contribution in [2.24, 2.45) is 0 Å². The van der Waals surface area contributed by atoms with Gasteiger partial charge in [-0.1, -0.05) is 18.2 Å². The largest absolute Gasteiger partial charge is 0.326 e. The van der Waals surface area contributed by atoms with Crippen LogP contribution < -0.4 is 10.6 Å². The van der Waals surface area contributed by atoms with Crippen LogP contribution in [0.5, 0.6) is 0 Å². The van der Waals surface area contributed by atoms with Crippen LogP contribution in [-0.4, -0.2) is 11.8 Å². The Morgan fingerprint density at radius 3 is 2.38 bits per heavy atom. The molecule has 0 fully saturated rings. The number of halogens is 1. The first-order chi connectivity index (χ1) is 9.97. The van der Waals surface area contributed by atoms with Gasteiger partial charge in [0.2, 0.25) is 5.91 Å². The van der Waals surface area contributed by atoms with E-state index in [1.165, 1.54) is 19.1 Å². The number of rotatable bonds is 3. The van der Waals surface area contributed by atoms with Crippen molar-refractivity contribution in [2.45, 2.75) is 13.8 Å². The summed E-state index contributed by atoms with van der Waals surface area (Å²) in [7, 11) is 0. The highest BCUT2D eigenvalue weighted by Crippen LogP contribution is 2.18. The van der Waals surface area contributed by atoms with Crippen molar-refractivity contribution in [3.63, 3.8) is 0 Å². The third-order valence-electron chi connectivity index (χ3n) is 2.93. The summed E-state index contributed by atoms with van der Waals surface area (Å²) >= 11 is 0. The minimum atomic E-state index is -0.688. The second-order valence-electron chi connectivity index (χ2n) is 4.64. The second-order valence-corrected chi connectivity index (χ2v) is 4.64. The van der Waals surface area contributed by atoms with Crippen LogP contribution in [0.2, 0.25) is 0 Å². The van der Waals surface area contributed by atoms with Gasteiger partial charge in [-0.15, -0.1) is 0 Å². The van der Waals surface area contributed by atoms with Gasteiger partial charge in [0.05, 0.1) is 5.56 Å². The normalized spacial score (nSPS) is 10.0. The Kier molecular flexibility index (Phi) is 4.33. The lowest BCUT2D eigenvalue weighted by atomic mass is 10.1. The zero-order chi connectivity index (χ0) is 15.4. The lowest BCUT2D eigenvalue weighted by Crippen LogP contribution is -2.15. The van der Waals surface area contributed by atoms with E-state index in [1.54, 1.807) is 12.1 Å². The molecule has 0 aliphatic rings. The standard InChI is InChI=1S/C16H15FN2O2/c1-10-5-3-4-6-15(10)19-16(21)13-8-7-12(9-14(13)17)18-11(2)20/h3-9H,1-2H3,(H,18,20)(H,19,21). The minimum absolute atomic E-state index is 0.0765. The monoisotopic (exact) mass is 286 g/mol. The lowest BCUT2D eigenvalue weighted by molar-refractivity contribution is -0.114. The quantitative estimate of drug-likeness (QED) is 0.909. The van der Waals surface area contributed by atoms with Crippen molar-refractivity contribution in [3.8, 4) is 0 Å². The zero-order valence-electron chi connectivity index (χ0n) is 11.7. The Labute approximate surface area is 122 Å². The van der Waals surface area contributed by atoms with E-state index >= 15 is 0 Å². The first kappa shape index (κ1) is 14.7. The molecular formula is C16H15FN2O2. The number of carbonyl (C=O) groups excluding carboxylic acids is 2. The van der Waals surface area contributed by atoms with Crippen molar-refractivity contribution in [1.29, 1.82) is 0 Å². The van der Waals surface area contributed by atoms with Crippen LogP contribution in [0, 0.1) is 12.7 Å². The molecule has 0 saturated carbocycles. The average molecular weight is 286 g/mol. The number of nitrogens with one attached hydrogen (secondary N) is 2. The van der Waals surface area contributed by atoms with Crippen LogP contribution in [0.15, 0.2) is 42.5 Å². The number of hydrogen-bond acceptors (Lipinski definition) is 2. The Bertz CT molecular complexity index is 698. The fraction of sp³-hybridized carbons (Fsp3) is 0.125. The summed E-state index contributed by atoms with van der Waals surface area (Å²) < 4.78 is 13.9. The number of para-hydroxylation sites is 1. The molecule has 0 radical (unpaired) electrons. The SMILES string of the molecule is CC(=O)Nc1ccc(C(=O)Nc2ccccc2C)c(F)c1. The summed E-state index contributed by atoms with van der Waals surface area (Å²) in [6, 6.07) is 11.2. The van der Waals surface area contributed by atoms with Crippen molar-refractivity contribution in [2.75, 3.05) is 10.6 Å². The molecule has 0 heterocycles. The van der Waals surface area contributed by atoms with E-state index in [-0.39, 0.29) is 11.5 Å². The van der Waals surface area contributed by atoms with Crippen LogP contribution in [0.1, 0.15) is 22.8 Å². The molecule has 108 valence electrons. The number of amides is 2. The van der Waals surface area contributed by atoms with Gasteiger partial charge in [0.25, 0.3) is 5.91 Å². The third kappa shape index (κ3) is 3.66. The minimum Gasteiger partial charge on any atom is -0.326 e. The second kappa shape index (κ2) is 6.17. The van der Waals surface area contributed by atoms with Gasteiger partial charge >= 0.3 is 0 Å². The van der Waals surface area contributed by atoms with Crippen LogP contribution in [0.25, 0.3) is 0 Å². The molecule has 0 aliphatic carbocycles. The topological polar surface area (TPSA) is 58.2 Å². The fourth-order valence-electron chi connectivity index (χ4n) is 1.88. The van der Waals surface area contributed by atoms with Crippen LogP contribution >= 0.6 is 0 Å². The van der Waals surface area contributed by atoms with E-state index in [2.05, 4.69) is 10.6 Å². The van der Waals surface area contributed by atoms with Crippen LogP contribution in [-0.2, 0) is 4.79 Å². The Hall–Kier alpha value is -2.69.